The predicted molar refractivity (Wildman–Crippen MR) is 76.2 cm³/mol. The molecule has 1 fully saturated rings. The predicted octanol–water partition coefficient (Wildman–Crippen LogP) is 2.15. The Bertz CT molecular complexity index is 601. The zero-order chi connectivity index (χ0) is 13.6. The number of aromatic nitrogens is 2. The molecule has 0 amide bonds. The molecule has 0 unspecified atom stereocenters. The Kier molecular flexibility index (Phi) is 2.63. The lowest BCUT2D eigenvalue weighted by Crippen LogP contribution is -2.39. The monoisotopic (exact) mass is 273 g/mol. The Morgan fingerprint density at radius 3 is 2.60 bits per heavy atom. The van der Waals surface area contributed by atoms with Gasteiger partial charge in [-0.25, -0.2) is 4.98 Å². The van der Waals surface area contributed by atoms with Crippen molar-refractivity contribution < 1.29 is 9.47 Å². The minimum absolute atomic E-state index is 0.0828. The van der Waals surface area contributed by atoms with Crippen LogP contribution >= 0.6 is 0 Å². The second-order valence-electron chi connectivity index (χ2n) is 5.94. The molecule has 0 spiro atoms. The maximum absolute atomic E-state index is 6.43. The van der Waals surface area contributed by atoms with E-state index < -0.39 is 0 Å². The van der Waals surface area contributed by atoms with Crippen LogP contribution in [0.3, 0.4) is 0 Å². The van der Waals surface area contributed by atoms with Crippen molar-refractivity contribution in [2.24, 2.45) is 5.73 Å². The number of fused-ring (bicyclic) bond motifs is 2. The molecular weight excluding hydrogens is 254 g/mol. The first-order valence-electron chi connectivity index (χ1n) is 7.29. The summed E-state index contributed by atoms with van der Waals surface area (Å²) in [7, 11) is 0. The molecule has 5 heteroatoms. The molecule has 106 valence electrons. The van der Waals surface area contributed by atoms with Crippen molar-refractivity contribution in [3.05, 3.63) is 18.0 Å². The van der Waals surface area contributed by atoms with Gasteiger partial charge in [-0.1, -0.05) is 12.8 Å². The van der Waals surface area contributed by atoms with Gasteiger partial charge in [0, 0.05) is 24.1 Å². The molecule has 1 aliphatic heterocycles. The topological polar surface area (TPSA) is 73.2 Å². The van der Waals surface area contributed by atoms with Crippen molar-refractivity contribution in [2.75, 3.05) is 13.2 Å². The summed E-state index contributed by atoms with van der Waals surface area (Å²) in [5.74, 6) is 2.54. The van der Waals surface area contributed by atoms with Gasteiger partial charge in [0.1, 0.15) is 19.0 Å². The van der Waals surface area contributed by atoms with Crippen molar-refractivity contribution in [1.29, 1.82) is 0 Å². The van der Waals surface area contributed by atoms with Crippen LogP contribution < -0.4 is 15.2 Å². The minimum Gasteiger partial charge on any atom is -0.486 e. The van der Waals surface area contributed by atoms with E-state index in [1.165, 1.54) is 12.8 Å². The average molecular weight is 273 g/mol. The van der Waals surface area contributed by atoms with Gasteiger partial charge < -0.3 is 20.2 Å². The molecule has 5 nitrogen and oxygen atoms in total. The third kappa shape index (κ3) is 2.02. The lowest BCUT2D eigenvalue weighted by molar-refractivity contribution is 0.172. The van der Waals surface area contributed by atoms with E-state index in [1.807, 2.05) is 12.1 Å². The van der Waals surface area contributed by atoms with Gasteiger partial charge in [0.2, 0.25) is 0 Å². The fraction of sp³-hybridized carbons (Fsp3) is 0.533. The number of ether oxygens (including phenoxy) is 2. The van der Waals surface area contributed by atoms with Crippen LogP contribution in [-0.4, -0.2) is 28.7 Å². The summed E-state index contributed by atoms with van der Waals surface area (Å²) < 4.78 is 11.2. The SMILES string of the molecule is NC1(Cc2nc3cc4c(cc3[nH]2)OCCO4)CCCC1. The summed E-state index contributed by atoms with van der Waals surface area (Å²) in [4.78, 5) is 8.03. The number of benzene rings is 1. The van der Waals surface area contributed by atoms with Crippen LogP contribution in [0.2, 0.25) is 0 Å². The number of H-pyrrole nitrogens is 1. The molecule has 3 N–H and O–H groups in total. The number of imidazole rings is 1. The molecule has 20 heavy (non-hydrogen) atoms. The van der Waals surface area contributed by atoms with Gasteiger partial charge in [0.05, 0.1) is 11.0 Å². The van der Waals surface area contributed by atoms with Gasteiger partial charge in [0.15, 0.2) is 11.5 Å². The second-order valence-corrected chi connectivity index (χ2v) is 5.94. The molecule has 1 aliphatic carbocycles. The maximum Gasteiger partial charge on any atom is 0.163 e. The summed E-state index contributed by atoms with van der Waals surface area (Å²) in [6, 6.07) is 3.92. The fourth-order valence-corrected chi connectivity index (χ4v) is 3.27. The number of nitrogens with zero attached hydrogens (tertiary/aromatic N) is 1. The van der Waals surface area contributed by atoms with E-state index in [0.29, 0.717) is 13.2 Å². The molecule has 2 aliphatic rings. The van der Waals surface area contributed by atoms with Crippen molar-refractivity contribution in [2.45, 2.75) is 37.6 Å². The molecule has 4 rings (SSSR count). The highest BCUT2D eigenvalue weighted by molar-refractivity contribution is 5.80. The third-order valence-corrected chi connectivity index (χ3v) is 4.31. The Labute approximate surface area is 117 Å². The molecule has 2 heterocycles. The minimum atomic E-state index is -0.0828. The molecule has 1 saturated carbocycles. The van der Waals surface area contributed by atoms with Gasteiger partial charge >= 0.3 is 0 Å². The van der Waals surface area contributed by atoms with E-state index in [-0.39, 0.29) is 5.54 Å². The molecule has 2 aromatic rings. The molecule has 1 aromatic heterocycles. The lowest BCUT2D eigenvalue weighted by Gasteiger charge is -2.21. The Hall–Kier alpha value is -1.75. The van der Waals surface area contributed by atoms with E-state index in [9.17, 15) is 0 Å². The van der Waals surface area contributed by atoms with E-state index in [4.69, 9.17) is 15.2 Å². The van der Waals surface area contributed by atoms with Crippen LogP contribution in [0, 0.1) is 0 Å². The third-order valence-electron chi connectivity index (χ3n) is 4.31. The highest BCUT2D eigenvalue weighted by Crippen LogP contribution is 2.35. The average Bonchev–Trinajstić information content (AvgIpc) is 3.01. The molecule has 0 atom stereocenters. The van der Waals surface area contributed by atoms with Gasteiger partial charge in [-0.05, 0) is 12.8 Å². The first kappa shape index (κ1) is 12.0. The molecule has 1 aromatic carbocycles. The van der Waals surface area contributed by atoms with Crippen LogP contribution in [0.25, 0.3) is 11.0 Å². The van der Waals surface area contributed by atoms with Crippen LogP contribution in [-0.2, 0) is 6.42 Å². The number of aromatic amines is 1. The summed E-state index contributed by atoms with van der Waals surface area (Å²) in [5, 5.41) is 0. The maximum atomic E-state index is 6.43. The summed E-state index contributed by atoms with van der Waals surface area (Å²) in [5.41, 5.74) is 8.26. The standard InChI is InChI=1S/C15H19N3O2/c16-15(3-1-2-4-15)9-14-17-10-7-12-13(8-11(10)18-14)20-6-5-19-12/h7-8H,1-6,9,16H2,(H,17,18). The highest BCUT2D eigenvalue weighted by atomic mass is 16.6. The number of rotatable bonds is 2. The quantitative estimate of drug-likeness (QED) is 0.879. The summed E-state index contributed by atoms with van der Waals surface area (Å²) >= 11 is 0. The zero-order valence-electron chi connectivity index (χ0n) is 11.4. The van der Waals surface area contributed by atoms with E-state index in [2.05, 4.69) is 9.97 Å². The molecular formula is C15H19N3O2. The van der Waals surface area contributed by atoms with Crippen LogP contribution in [0.5, 0.6) is 11.5 Å². The number of nitrogens with two attached hydrogens (primary N) is 1. The summed E-state index contributed by atoms with van der Waals surface area (Å²) in [6.45, 7) is 1.20. The van der Waals surface area contributed by atoms with Gasteiger partial charge in [0.25, 0.3) is 0 Å². The Morgan fingerprint density at radius 1 is 1.15 bits per heavy atom. The molecule has 0 saturated heterocycles. The van der Waals surface area contributed by atoms with Gasteiger partial charge in [-0.3, -0.25) is 0 Å². The number of hydrogen-bond acceptors (Lipinski definition) is 4. The van der Waals surface area contributed by atoms with Crippen molar-refractivity contribution in [3.8, 4) is 11.5 Å². The van der Waals surface area contributed by atoms with Crippen LogP contribution in [0.15, 0.2) is 12.1 Å². The first-order valence-corrected chi connectivity index (χ1v) is 7.29. The normalized spacial score (nSPS) is 20.4. The largest absolute Gasteiger partial charge is 0.486 e. The van der Waals surface area contributed by atoms with Crippen molar-refractivity contribution in [3.63, 3.8) is 0 Å². The number of hydrogen-bond donors (Lipinski definition) is 2. The van der Waals surface area contributed by atoms with Crippen LogP contribution in [0.4, 0.5) is 0 Å². The molecule has 0 radical (unpaired) electrons. The van der Waals surface area contributed by atoms with Gasteiger partial charge in [-0.2, -0.15) is 0 Å². The van der Waals surface area contributed by atoms with Crippen LogP contribution in [0.1, 0.15) is 31.5 Å². The van der Waals surface area contributed by atoms with Gasteiger partial charge in [-0.15, -0.1) is 0 Å². The molecule has 0 bridgehead atoms. The first-order chi connectivity index (χ1) is 9.72. The number of nitrogens with one attached hydrogen (secondary N) is 1. The van der Waals surface area contributed by atoms with E-state index in [0.717, 1.165) is 47.6 Å². The Balaban J connectivity index is 1.68. The fourth-order valence-electron chi connectivity index (χ4n) is 3.27. The zero-order valence-corrected chi connectivity index (χ0v) is 11.4. The lowest BCUT2D eigenvalue weighted by atomic mass is 9.94. The van der Waals surface area contributed by atoms with E-state index in [1.54, 1.807) is 0 Å². The summed E-state index contributed by atoms with van der Waals surface area (Å²) in [6.07, 6.45) is 5.45. The van der Waals surface area contributed by atoms with Crippen molar-refractivity contribution in [1.82, 2.24) is 9.97 Å². The van der Waals surface area contributed by atoms with Crippen molar-refractivity contribution >= 4 is 11.0 Å². The smallest absolute Gasteiger partial charge is 0.163 e. The second kappa shape index (κ2) is 4.38. The highest BCUT2D eigenvalue weighted by Gasteiger charge is 2.30. The Morgan fingerprint density at radius 2 is 1.85 bits per heavy atom. The van der Waals surface area contributed by atoms with E-state index >= 15 is 0 Å².